The Balaban J connectivity index is 0.00000144. The fraction of sp³-hybridized carbons (Fsp3) is 0. The number of hydrogen-bond donors (Lipinski definition) is 1. The first-order valence-corrected chi connectivity index (χ1v) is 5.52. The molecular weight excluding hydrogens is 314 g/mol. The van der Waals surface area contributed by atoms with Gasteiger partial charge in [-0.3, -0.25) is 0 Å². The van der Waals surface area contributed by atoms with E-state index in [9.17, 15) is 5.11 Å². The summed E-state index contributed by atoms with van der Waals surface area (Å²) >= 11 is 17.6. The molecule has 2 nitrogen and oxygen atoms in total. The van der Waals surface area contributed by atoms with Gasteiger partial charge in [-0.1, -0.05) is 34.8 Å². The molecule has 1 aromatic carbocycles. The van der Waals surface area contributed by atoms with Crippen LogP contribution in [0.3, 0.4) is 0 Å². The fourth-order valence-electron chi connectivity index (χ4n) is 1.27. The third-order valence-corrected chi connectivity index (χ3v) is 2.99. The zero-order valence-corrected chi connectivity index (χ0v) is 10.2. The van der Waals surface area contributed by atoms with E-state index in [4.69, 9.17) is 34.8 Å². The van der Waals surface area contributed by atoms with Crippen molar-refractivity contribution in [3.63, 3.8) is 0 Å². The van der Waals surface area contributed by atoms with Crippen molar-refractivity contribution in [1.29, 1.82) is 0 Å². The summed E-state index contributed by atoms with van der Waals surface area (Å²) < 4.78 is 0. The molecule has 0 unspecified atom stereocenters. The summed E-state index contributed by atoms with van der Waals surface area (Å²) in [6.45, 7) is 0. The molecule has 18 heavy (non-hydrogen) atoms. The Morgan fingerprint density at radius 3 is 2.00 bits per heavy atom. The monoisotopic (exact) mass is 321 g/mol. The van der Waals surface area contributed by atoms with Crippen LogP contribution in [-0.2, 0) is 0 Å². The van der Waals surface area contributed by atoms with Gasteiger partial charge in [0.15, 0.2) is 0 Å². The predicted molar refractivity (Wildman–Crippen MR) is 80.7 cm³/mol. The Labute approximate surface area is 164 Å². The van der Waals surface area contributed by atoms with Crippen LogP contribution in [0, 0.1) is 0 Å². The van der Waals surface area contributed by atoms with E-state index in [0.29, 0.717) is 15.7 Å². The number of halogens is 3. The van der Waals surface area contributed by atoms with Gasteiger partial charge in [-0.05, 0) is 30.3 Å². The van der Waals surface area contributed by atoms with E-state index >= 15 is 0 Å². The van der Waals surface area contributed by atoms with Gasteiger partial charge in [0.25, 0.3) is 0 Å². The Bertz CT molecular complexity index is 535. The van der Waals surface area contributed by atoms with Gasteiger partial charge in [-0.15, -0.1) is 0 Å². The van der Waals surface area contributed by atoms with E-state index in [2.05, 4.69) is 4.98 Å². The summed E-state index contributed by atoms with van der Waals surface area (Å²) in [7, 11) is 0. The van der Waals surface area contributed by atoms with Crippen molar-refractivity contribution in [2.75, 3.05) is 0 Å². The van der Waals surface area contributed by atoms with E-state index in [1.807, 2.05) is 0 Å². The minimum absolute atomic E-state index is 0. The number of hydrogen-bond acceptors (Lipinski definition) is 2. The Hall–Kier alpha value is 1.04. The van der Waals surface area contributed by atoms with Crippen LogP contribution in [0.5, 0.6) is 5.75 Å². The molecule has 0 aliphatic carbocycles. The number of phenolic OH excluding ortho intramolecular Hbond substituents is 1. The van der Waals surface area contributed by atoms with E-state index in [-0.39, 0.29) is 70.0 Å². The molecule has 0 fully saturated rings. The third-order valence-electron chi connectivity index (χ3n) is 2.03. The summed E-state index contributed by atoms with van der Waals surface area (Å²) in [6.07, 6.45) is 0. The molecule has 0 aliphatic heterocycles. The first-order valence-electron chi connectivity index (χ1n) is 4.39. The zero-order valence-electron chi connectivity index (χ0n) is 7.92. The maximum atomic E-state index is 9.17. The molecule has 0 saturated heterocycles. The zero-order chi connectivity index (χ0) is 11.7. The molecule has 0 radical (unpaired) electrons. The molecule has 0 saturated carbocycles. The van der Waals surface area contributed by atoms with Gasteiger partial charge >= 0.3 is 59.1 Å². The van der Waals surface area contributed by atoms with Crippen molar-refractivity contribution in [1.82, 2.24) is 4.98 Å². The Kier molecular flexibility index (Phi) is 8.84. The Morgan fingerprint density at radius 2 is 1.44 bits per heavy atom. The molecule has 1 aromatic heterocycles. The molecule has 0 bridgehead atoms. The second kappa shape index (κ2) is 8.35. The topological polar surface area (TPSA) is 33.1 Å². The van der Waals surface area contributed by atoms with Crippen LogP contribution in [0.1, 0.15) is 0 Å². The summed E-state index contributed by atoms with van der Waals surface area (Å²) in [6, 6.07) is 8.05. The van der Waals surface area contributed by atoms with Gasteiger partial charge in [0, 0.05) is 5.56 Å². The van der Waals surface area contributed by atoms with Gasteiger partial charge in [-0.25, -0.2) is 4.98 Å². The van der Waals surface area contributed by atoms with E-state index in [1.54, 1.807) is 30.3 Å². The normalized spacial score (nSPS) is 9.28. The summed E-state index contributed by atoms with van der Waals surface area (Å²) in [5.74, 6) is 0.180. The molecule has 1 N–H and O–H groups in total. The molecule has 0 amide bonds. The number of pyridine rings is 1. The van der Waals surface area contributed by atoms with Crippen molar-refractivity contribution < 1.29 is 5.11 Å². The molecule has 7 heteroatoms. The molecular formula is C11H8Cl3NNa2O. The predicted octanol–water partition coefficient (Wildman–Crippen LogP) is 3.12. The first-order chi connectivity index (χ1) is 7.58. The second-order valence-corrected chi connectivity index (χ2v) is 4.31. The van der Waals surface area contributed by atoms with Crippen LogP contribution in [0.4, 0.5) is 0 Å². The van der Waals surface area contributed by atoms with Crippen LogP contribution in [0.25, 0.3) is 11.3 Å². The fourth-order valence-corrected chi connectivity index (χ4v) is 1.87. The maximum absolute atomic E-state index is 9.17. The quantitative estimate of drug-likeness (QED) is 0.646. The SMILES string of the molecule is Oc1ccc(-c2nc(Cl)c(Cl)cc2Cl)cc1.[NaH].[NaH]. The van der Waals surface area contributed by atoms with E-state index in [0.717, 1.165) is 5.56 Å². The molecule has 2 aromatic rings. The second-order valence-electron chi connectivity index (χ2n) is 3.14. The first kappa shape index (κ1) is 19.0. The van der Waals surface area contributed by atoms with Crippen LogP contribution in [0.15, 0.2) is 30.3 Å². The van der Waals surface area contributed by atoms with Crippen molar-refractivity contribution in [3.8, 4) is 17.0 Å². The molecule has 0 atom stereocenters. The van der Waals surface area contributed by atoms with E-state index in [1.165, 1.54) is 0 Å². The Morgan fingerprint density at radius 1 is 0.889 bits per heavy atom. The van der Waals surface area contributed by atoms with E-state index < -0.39 is 0 Å². The van der Waals surface area contributed by atoms with Gasteiger partial charge in [0.1, 0.15) is 10.9 Å². The molecule has 1 heterocycles. The molecule has 2 rings (SSSR count). The number of phenols is 1. The van der Waals surface area contributed by atoms with Crippen molar-refractivity contribution in [2.24, 2.45) is 0 Å². The number of rotatable bonds is 1. The third kappa shape index (κ3) is 4.55. The summed E-state index contributed by atoms with van der Waals surface area (Å²) in [5.41, 5.74) is 1.30. The van der Waals surface area contributed by atoms with Crippen LogP contribution < -0.4 is 0 Å². The number of aromatic nitrogens is 1. The van der Waals surface area contributed by atoms with Crippen LogP contribution >= 0.6 is 34.8 Å². The average Bonchev–Trinajstić information content (AvgIpc) is 2.25. The molecule has 86 valence electrons. The number of aromatic hydroxyl groups is 1. The van der Waals surface area contributed by atoms with Gasteiger partial charge in [0.05, 0.1) is 15.7 Å². The summed E-state index contributed by atoms with van der Waals surface area (Å²) in [4.78, 5) is 4.09. The van der Waals surface area contributed by atoms with Crippen LogP contribution in [-0.4, -0.2) is 69.2 Å². The van der Waals surface area contributed by atoms with Crippen LogP contribution in [0.2, 0.25) is 15.2 Å². The standard InChI is InChI=1S/C11H6Cl3NO.2Na.2H/c12-8-5-9(13)11(14)15-10(8)6-1-3-7(16)4-2-6;;;;/h1-5,16H;;;;. The number of benzene rings is 1. The van der Waals surface area contributed by atoms with Crippen molar-refractivity contribution >= 4 is 93.9 Å². The van der Waals surface area contributed by atoms with Crippen molar-refractivity contribution in [3.05, 3.63) is 45.5 Å². The van der Waals surface area contributed by atoms with Gasteiger partial charge in [0.2, 0.25) is 0 Å². The van der Waals surface area contributed by atoms with Gasteiger partial charge in [-0.2, -0.15) is 0 Å². The number of nitrogens with zero attached hydrogens (tertiary/aromatic N) is 1. The van der Waals surface area contributed by atoms with Gasteiger partial charge < -0.3 is 5.11 Å². The minimum atomic E-state index is 0. The summed E-state index contributed by atoms with van der Waals surface area (Å²) in [5, 5.41) is 10.1. The van der Waals surface area contributed by atoms with Crippen molar-refractivity contribution in [2.45, 2.75) is 0 Å². The molecule has 0 aliphatic rings. The average molecular weight is 323 g/mol. The molecule has 0 spiro atoms.